The summed E-state index contributed by atoms with van der Waals surface area (Å²) < 4.78 is 6.33. The number of nitrogens with zero attached hydrogens (tertiary/aromatic N) is 1. The summed E-state index contributed by atoms with van der Waals surface area (Å²) in [6.07, 6.45) is 0. The van der Waals surface area contributed by atoms with Gasteiger partial charge in [-0.15, -0.1) is 0 Å². The molecule has 2 rings (SSSR count). The Morgan fingerprint density at radius 2 is 2.21 bits per heavy atom. The summed E-state index contributed by atoms with van der Waals surface area (Å²) in [5.41, 5.74) is 1.21. The number of rotatable bonds is 0. The number of hydrogen-bond acceptors (Lipinski definition) is 3. The van der Waals surface area contributed by atoms with Crippen molar-refractivity contribution in [2.45, 2.75) is 0 Å². The van der Waals surface area contributed by atoms with Gasteiger partial charge in [-0.1, -0.05) is 12.1 Å². The molecule has 1 aromatic heterocycles. The predicted molar refractivity (Wildman–Crippen MR) is 57.5 cm³/mol. The van der Waals surface area contributed by atoms with Gasteiger partial charge in [0.25, 0.3) is 0 Å². The molecule has 0 amide bonds. The van der Waals surface area contributed by atoms with E-state index >= 15 is 0 Å². The van der Waals surface area contributed by atoms with Crippen LogP contribution in [0.15, 0.2) is 33.5 Å². The number of fused-ring (bicyclic) bond motifs is 1. The molecule has 0 saturated carbocycles. The maximum absolute atomic E-state index is 11.4. The Morgan fingerprint density at radius 3 is 2.93 bits per heavy atom. The molecule has 4 nitrogen and oxygen atoms in total. The van der Waals surface area contributed by atoms with Crippen molar-refractivity contribution in [3.63, 3.8) is 0 Å². The van der Waals surface area contributed by atoms with Crippen molar-refractivity contribution in [3.8, 4) is 0 Å². The summed E-state index contributed by atoms with van der Waals surface area (Å²) in [6, 6.07) is 7.14. The van der Waals surface area contributed by atoms with Crippen LogP contribution in [-0.2, 0) is 0 Å². The third-order valence-corrected chi connectivity index (χ3v) is 2.29. The first-order chi connectivity index (χ1) is 6.74. The molecule has 72 valence electrons. The van der Waals surface area contributed by atoms with Crippen LogP contribution in [0.5, 0.6) is 0 Å². The summed E-state index contributed by atoms with van der Waals surface area (Å²) in [5, 5.41) is 3.07. The highest BCUT2D eigenvalue weighted by Gasteiger charge is 2.10. The molecule has 0 aliphatic carbocycles. The lowest BCUT2D eigenvalue weighted by atomic mass is 10.3. The normalized spacial score (nSPS) is 10.4. The van der Waals surface area contributed by atoms with Crippen molar-refractivity contribution >= 4 is 28.4 Å². The van der Waals surface area contributed by atoms with E-state index in [9.17, 15) is 4.79 Å². The van der Waals surface area contributed by atoms with Gasteiger partial charge in [-0.25, -0.2) is 9.36 Å². The second-order valence-corrected chi connectivity index (χ2v) is 3.11. The maximum Gasteiger partial charge on any atom is 0.426 e. The fraction of sp³-hybridized carbons (Fsp3) is 0.111. The fourth-order valence-corrected chi connectivity index (χ4v) is 1.44. The Morgan fingerprint density at radius 1 is 1.50 bits per heavy atom. The molecule has 1 heterocycles. The number of hydrogen-bond donors (Lipinski definition) is 1. The highest BCUT2D eigenvalue weighted by molar-refractivity contribution is 7.80. The van der Waals surface area contributed by atoms with Crippen LogP contribution < -0.4 is 11.1 Å². The molecule has 0 atom stereocenters. The molecule has 0 aliphatic heterocycles. The second-order valence-electron chi connectivity index (χ2n) is 2.73. The van der Waals surface area contributed by atoms with Gasteiger partial charge in [-0.3, -0.25) is 0 Å². The van der Waals surface area contributed by atoms with Gasteiger partial charge in [0.05, 0.1) is 5.52 Å². The summed E-state index contributed by atoms with van der Waals surface area (Å²) in [5.74, 6) is -0.467. The number of oxazole rings is 1. The van der Waals surface area contributed by atoms with Gasteiger partial charge in [-0.2, -0.15) is 0 Å². The Kier molecular flexibility index (Phi) is 2.09. The van der Waals surface area contributed by atoms with E-state index in [1.165, 1.54) is 4.57 Å². The molecule has 1 N–H and O–H groups in total. The van der Waals surface area contributed by atoms with E-state index in [1.807, 2.05) is 6.07 Å². The van der Waals surface area contributed by atoms with Crippen molar-refractivity contribution in [1.82, 2.24) is 9.88 Å². The van der Waals surface area contributed by atoms with Crippen LogP contribution in [0.2, 0.25) is 0 Å². The quantitative estimate of drug-likeness (QED) is 0.655. The topological polar surface area (TPSA) is 47.2 Å². The number of nitrogens with one attached hydrogen (secondary N) is 1. The molecule has 0 bridgehead atoms. The van der Waals surface area contributed by atoms with Crippen LogP contribution in [0, 0.1) is 0 Å². The zero-order valence-electron chi connectivity index (χ0n) is 7.48. The first-order valence-electron chi connectivity index (χ1n) is 4.06. The SMILES string of the molecule is CNC(=S)n1c(=O)oc2ccccc21. The summed E-state index contributed by atoms with van der Waals surface area (Å²) >= 11 is 4.98. The average molecular weight is 208 g/mol. The fourth-order valence-electron chi connectivity index (χ4n) is 1.27. The Labute approximate surface area is 85.1 Å². The lowest BCUT2D eigenvalue weighted by Crippen LogP contribution is -2.31. The molecule has 0 saturated heterocycles. The van der Waals surface area contributed by atoms with Crippen LogP contribution in [-0.4, -0.2) is 16.7 Å². The van der Waals surface area contributed by atoms with Crippen molar-refractivity contribution < 1.29 is 4.42 Å². The Bertz CT molecular complexity index is 541. The van der Waals surface area contributed by atoms with Crippen molar-refractivity contribution in [3.05, 3.63) is 34.8 Å². The Balaban J connectivity index is 2.81. The molecule has 0 radical (unpaired) electrons. The highest BCUT2D eigenvalue weighted by Crippen LogP contribution is 2.10. The number of benzene rings is 1. The van der Waals surface area contributed by atoms with Gasteiger partial charge in [0.2, 0.25) is 0 Å². The number of para-hydroxylation sites is 2. The molecular weight excluding hydrogens is 200 g/mol. The van der Waals surface area contributed by atoms with E-state index < -0.39 is 5.76 Å². The van der Waals surface area contributed by atoms with E-state index in [-0.39, 0.29) is 0 Å². The van der Waals surface area contributed by atoms with Crippen molar-refractivity contribution in [1.29, 1.82) is 0 Å². The first kappa shape index (κ1) is 8.96. The zero-order valence-corrected chi connectivity index (χ0v) is 8.30. The molecule has 0 unspecified atom stereocenters. The van der Waals surface area contributed by atoms with Gasteiger partial charge < -0.3 is 9.73 Å². The lowest BCUT2D eigenvalue weighted by Gasteiger charge is -2.01. The van der Waals surface area contributed by atoms with Crippen molar-refractivity contribution in [2.75, 3.05) is 7.05 Å². The third-order valence-electron chi connectivity index (χ3n) is 1.90. The molecule has 5 heteroatoms. The summed E-state index contributed by atoms with van der Waals surface area (Å²) in [7, 11) is 1.66. The van der Waals surface area contributed by atoms with Crippen LogP contribution in [0.25, 0.3) is 11.1 Å². The highest BCUT2D eigenvalue weighted by atomic mass is 32.1. The lowest BCUT2D eigenvalue weighted by molar-refractivity contribution is 0.544. The third kappa shape index (κ3) is 1.22. The van der Waals surface area contributed by atoms with Crippen molar-refractivity contribution in [2.24, 2.45) is 0 Å². The maximum atomic E-state index is 11.4. The van der Waals surface area contributed by atoms with Crippen LogP contribution in [0.3, 0.4) is 0 Å². The van der Waals surface area contributed by atoms with Gasteiger partial charge in [0.1, 0.15) is 0 Å². The molecule has 0 aliphatic rings. The second kappa shape index (κ2) is 3.26. The predicted octanol–water partition coefficient (Wildman–Crippen LogP) is 0.947. The van der Waals surface area contributed by atoms with Crippen LogP contribution in [0.4, 0.5) is 0 Å². The standard InChI is InChI=1S/C9H8N2O2S/c1-10-8(14)11-6-4-2-3-5-7(6)13-9(11)12/h2-5H,1H3,(H,10,14). The van der Waals surface area contributed by atoms with Gasteiger partial charge in [-0.05, 0) is 24.4 Å². The average Bonchev–Trinajstić information content (AvgIpc) is 2.53. The first-order valence-corrected chi connectivity index (χ1v) is 4.47. The van der Waals surface area contributed by atoms with E-state index in [2.05, 4.69) is 5.32 Å². The minimum Gasteiger partial charge on any atom is -0.407 e. The van der Waals surface area contributed by atoms with Crippen LogP contribution >= 0.6 is 12.2 Å². The number of aromatic nitrogens is 1. The summed E-state index contributed by atoms with van der Waals surface area (Å²) in [6.45, 7) is 0. The van der Waals surface area contributed by atoms with Gasteiger partial charge >= 0.3 is 5.76 Å². The van der Waals surface area contributed by atoms with E-state index in [0.29, 0.717) is 16.2 Å². The zero-order chi connectivity index (χ0) is 10.1. The minimum absolute atomic E-state index is 0.333. The smallest absolute Gasteiger partial charge is 0.407 e. The molecule has 0 fully saturated rings. The molecule has 14 heavy (non-hydrogen) atoms. The van der Waals surface area contributed by atoms with Crippen LogP contribution in [0.1, 0.15) is 0 Å². The van der Waals surface area contributed by atoms with E-state index in [4.69, 9.17) is 16.6 Å². The Hall–Kier alpha value is -1.62. The molecule has 2 aromatic rings. The van der Waals surface area contributed by atoms with E-state index in [1.54, 1.807) is 25.2 Å². The number of thiocarbonyl (C=S) groups is 1. The molecular formula is C9H8N2O2S. The van der Waals surface area contributed by atoms with Gasteiger partial charge in [0, 0.05) is 7.05 Å². The van der Waals surface area contributed by atoms with Gasteiger partial charge in [0.15, 0.2) is 10.7 Å². The minimum atomic E-state index is -0.467. The monoisotopic (exact) mass is 208 g/mol. The van der Waals surface area contributed by atoms with E-state index in [0.717, 1.165) is 0 Å². The largest absolute Gasteiger partial charge is 0.426 e. The molecule has 1 aromatic carbocycles. The summed E-state index contributed by atoms with van der Waals surface area (Å²) in [4.78, 5) is 11.4. The molecule has 0 spiro atoms.